The quantitative estimate of drug-likeness (QED) is 0.823. The molecule has 20 heavy (non-hydrogen) atoms. The van der Waals surface area contributed by atoms with Gasteiger partial charge >= 0.3 is 5.97 Å². The number of rotatable bonds is 5. The Morgan fingerprint density at radius 1 is 1.40 bits per heavy atom. The van der Waals surface area contributed by atoms with E-state index < -0.39 is 0 Å². The van der Waals surface area contributed by atoms with Gasteiger partial charge in [-0.3, -0.25) is 9.59 Å². The number of ether oxygens (including phenoxy) is 1. The summed E-state index contributed by atoms with van der Waals surface area (Å²) < 4.78 is 6.17. The third-order valence-corrected chi connectivity index (χ3v) is 3.36. The van der Waals surface area contributed by atoms with Gasteiger partial charge in [0.1, 0.15) is 6.54 Å². The van der Waals surface area contributed by atoms with Crippen molar-refractivity contribution in [2.24, 2.45) is 5.92 Å². The fourth-order valence-corrected chi connectivity index (χ4v) is 2.36. The largest absolute Gasteiger partial charge is 0.465 e. The van der Waals surface area contributed by atoms with Crippen molar-refractivity contribution in [1.29, 1.82) is 0 Å². The average Bonchev–Trinajstić information content (AvgIpc) is 2.87. The number of amides is 1. The van der Waals surface area contributed by atoms with E-state index in [1.54, 1.807) is 6.92 Å². The second kappa shape index (κ2) is 7.02. The predicted octanol–water partition coefficient (Wildman–Crippen LogP) is 1.36. The molecule has 1 aromatic rings. The molecule has 0 aromatic carbocycles. The van der Waals surface area contributed by atoms with Crippen LogP contribution in [0.2, 0.25) is 0 Å². The molecule has 7 heteroatoms. The van der Waals surface area contributed by atoms with E-state index in [0.29, 0.717) is 12.4 Å². The van der Waals surface area contributed by atoms with E-state index in [-0.39, 0.29) is 24.3 Å². The molecule has 2 rings (SSSR count). The number of carbonyl (C=O) groups excluding carboxylic acids is 2. The number of esters is 1. The van der Waals surface area contributed by atoms with E-state index in [4.69, 9.17) is 4.74 Å². The lowest BCUT2D eigenvalue weighted by Gasteiger charge is -2.19. The number of hydrogen-bond acceptors (Lipinski definition) is 5. The highest BCUT2D eigenvalue weighted by atomic mass is 16.5. The van der Waals surface area contributed by atoms with E-state index in [1.165, 1.54) is 17.3 Å². The maximum atomic E-state index is 12.0. The monoisotopic (exact) mass is 280 g/mol. The summed E-state index contributed by atoms with van der Waals surface area (Å²) in [6.45, 7) is 2.08. The molecule has 0 saturated heterocycles. The van der Waals surface area contributed by atoms with Gasteiger partial charge in [0, 0.05) is 5.92 Å². The number of aromatic nitrogens is 3. The van der Waals surface area contributed by atoms with Crippen molar-refractivity contribution in [2.45, 2.75) is 45.6 Å². The topological polar surface area (TPSA) is 86.1 Å². The smallest absolute Gasteiger partial charge is 0.327 e. The molecule has 1 heterocycles. The van der Waals surface area contributed by atoms with Crippen molar-refractivity contribution >= 4 is 17.7 Å². The molecule has 0 bridgehead atoms. The second-order valence-corrected chi connectivity index (χ2v) is 4.93. The third-order valence-electron chi connectivity index (χ3n) is 3.36. The predicted molar refractivity (Wildman–Crippen MR) is 71.9 cm³/mol. The minimum atomic E-state index is -0.373. The number of anilines is 1. The van der Waals surface area contributed by atoms with E-state index in [0.717, 1.165) is 25.7 Å². The molecule has 1 amide bonds. The summed E-state index contributed by atoms with van der Waals surface area (Å²) >= 11 is 0. The molecule has 7 nitrogen and oxygen atoms in total. The first-order chi connectivity index (χ1) is 9.69. The fourth-order valence-electron chi connectivity index (χ4n) is 2.36. The van der Waals surface area contributed by atoms with Gasteiger partial charge in [-0.05, 0) is 19.8 Å². The number of hydrogen-bond donors (Lipinski definition) is 1. The van der Waals surface area contributed by atoms with Crippen LogP contribution in [0.3, 0.4) is 0 Å². The summed E-state index contributed by atoms with van der Waals surface area (Å²) in [6, 6.07) is 0. The summed E-state index contributed by atoms with van der Waals surface area (Å²) in [5.74, 6) is 0.0688. The van der Waals surface area contributed by atoms with Crippen LogP contribution in [0.5, 0.6) is 0 Å². The highest BCUT2D eigenvalue weighted by Crippen LogP contribution is 2.24. The Morgan fingerprint density at radius 2 is 2.15 bits per heavy atom. The van der Waals surface area contributed by atoms with Gasteiger partial charge in [-0.1, -0.05) is 24.5 Å². The Labute approximate surface area is 117 Å². The molecule has 1 saturated carbocycles. The van der Waals surface area contributed by atoms with Crippen LogP contribution in [0, 0.1) is 5.92 Å². The molecule has 0 atom stereocenters. The van der Waals surface area contributed by atoms with E-state index in [2.05, 4.69) is 15.6 Å². The molecular formula is C13H20N4O3. The maximum absolute atomic E-state index is 12.0. The summed E-state index contributed by atoms with van der Waals surface area (Å²) in [6.07, 6.45) is 6.82. The van der Waals surface area contributed by atoms with Crippen LogP contribution in [0.1, 0.15) is 39.0 Å². The Hall–Kier alpha value is -1.92. The standard InChI is InChI=1S/C13H20N4O3/c1-2-20-12(18)9-17-8-11(15-16-17)14-13(19)10-6-4-3-5-7-10/h8,10H,2-7,9H2,1H3,(H,14,19). The summed E-state index contributed by atoms with van der Waals surface area (Å²) in [7, 11) is 0. The van der Waals surface area contributed by atoms with E-state index in [1.807, 2.05) is 0 Å². The molecule has 0 spiro atoms. The maximum Gasteiger partial charge on any atom is 0.327 e. The Kier molecular flexibility index (Phi) is 5.09. The lowest BCUT2D eigenvalue weighted by Crippen LogP contribution is -2.24. The lowest BCUT2D eigenvalue weighted by atomic mass is 9.89. The van der Waals surface area contributed by atoms with Crippen molar-refractivity contribution < 1.29 is 14.3 Å². The molecule has 1 aromatic heterocycles. The molecule has 1 aliphatic carbocycles. The van der Waals surface area contributed by atoms with Gasteiger partial charge in [-0.15, -0.1) is 5.10 Å². The SMILES string of the molecule is CCOC(=O)Cn1cc(NC(=O)C2CCCCC2)nn1. The van der Waals surface area contributed by atoms with Gasteiger partial charge in [-0.2, -0.15) is 0 Å². The molecule has 0 unspecified atom stereocenters. The van der Waals surface area contributed by atoms with Crippen LogP contribution >= 0.6 is 0 Å². The van der Waals surface area contributed by atoms with Gasteiger partial charge in [0.25, 0.3) is 0 Å². The van der Waals surface area contributed by atoms with Crippen LogP contribution in [0.4, 0.5) is 5.82 Å². The minimum Gasteiger partial charge on any atom is -0.465 e. The van der Waals surface area contributed by atoms with Gasteiger partial charge < -0.3 is 10.1 Å². The zero-order valence-corrected chi connectivity index (χ0v) is 11.7. The first-order valence-electron chi connectivity index (χ1n) is 7.05. The van der Waals surface area contributed by atoms with Gasteiger partial charge in [0.2, 0.25) is 5.91 Å². The average molecular weight is 280 g/mol. The summed E-state index contributed by atoms with van der Waals surface area (Å²) in [5.41, 5.74) is 0. The molecule has 1 fully saturated rings. The van der Waals surface area contributed by atoms with E-state index in [9.17, 15) is 9.59 Å². The molecular weight excluding hydrogens is 260 g/mol. The minimum absolute atomic E-state index is 0.000138. The number of nitrogens with one attached hydrogen (secondary N) is 1. The van der Waals surface area contributed by atoms with Crippen molar-refractivity contribution in [3.63, 3.8) is 0 Å². The third kappa shape index (κ3) is 4.04. The van der Waals surface area contributed by atoms with Crippen LogP contribution in [0.15, 0.2) is 6.20 Å². The summed E-state index contributed by atoms with van der Waals surface area (Å²) in [4.78, 5) is 23.3. The number of carbonyl (C=O) groups is 2. The first kappa shape index (κ1) is 14.5. The van der Waals surface area contributed by atoms with Crippen molar-refractivity contribution in [2.75, 3.05) is 11.9 Å². The highest BCUT2D eigenvalue weighted by molar-refractivity contribution is 5.91. The highest BCUT2D eigenvalue weighted by Gasteiger charge is 2.21. The summed E-state index contributed by atoms with van der Waals surface area (Å²) in [5, 5.41) is 10.4. The molecule has 0 aliphatic heterocycles. The first-order valence-corrected chi connectivity index (χ1v) is 7.05. The molecule has 0 radical (unpaired) electrons. The Balaban J connectivity index is 1.85. The van der Waals surface area contributed by atoms with Crippen molar-refractivity contribution in [1.82, 2.24) is 15.0 Å². The van der Waals surface area contributed by atoms with Crippen molar-refractivity contribution in [3.05, 3.63) is 6.20 Å². The normalized spacial score (nSPS) is 15.8. The van der Waals surface area contributed by atoms with Crippen molar-refractivity contribution in [3.8, 4) is 0 Å². The lowest BCUT2D eigenvalue weighted by molar-refractivity contribution is -0.144. The number of nitrogens with zero attached hydrogens (tertiary/aromatic N) is 3. The second-order valence-electron chi connectivity index (χ2n) is 4.93. The zero-order valence-electron chi connectivity index (χ0n) is 11.7. The van der Waals surface area contributed by atoms with E-state index >= 15 is 0 Å². The molecule has 1 N–H and O–H groups in total. The van der Waals surface area contributed by atoms with Gasteiger partial charge in [0.05, 0.1) is 12.8 Å². The fraction of sp³-hybridized carbons (Fsp3) is 0.692. The van der Waals surface area contributed by atoms with Crippen LogP contribution in [-0.2, 0) is 20.9 Å². The van der Waals surface area contributed by atoms with Gasteiger partial charge in [-0.25, -0.2) is 4.68 Å². The zero-order chi connectivity index (χ0) is 14.4. The van der Waals surface area contributed by atoms with Crippen LogP contribution < -0.4 is 5.32 Å². The van der Waals surface area contributed by atoms with Gasteiger partial charge in [0.15, 0.2) is 5.82 Å². The van der Waals surface area contributed by atoms with Crippen LogP contribution in [-0.4, -0.2) is 33.5 Å². The molecule has 1 aliphatic rings. The Morgan fingerprint density at radius 3 is 2.85 bits per heavy atom. The Bertz CT molecular complexity index is 466. The molecule has 110 valence electrons. The van der Waals surface area contributed by atoms with Crippen LogP contribution in [0.25, 0.3) is 0 Å².